The number of halogens is 7. The summed E-state index contributed by atoms with van der Waals surface area (Å²) < 4.78 is 52.6. The van der Waals surface area contributed by atoms with Gasteiger partial charge in [0.15, 0.2) is 40.4 Å². The predicted octanol–water partition coefficient (Wildman–Crippen LogP) is 7.61. The third-order valence-corrected chi connectivity index (χ3v) is 7.05. The molecule has 4 rings (SSSR count). The lowest BCUT2D eigenvalue weighted by Gasteiger charge is -2.12. The first-order chi connectivity index (χ1) is 20.2. The van der Waals surface area contributed by atoms with Crippen molar-refractivity contribution in [2.24, 2.45) is 0 Å². The van der Waals surface area contributed by atoms with Crippen LogP contribution in [0.1, 0.15) is 27.9 Å². The zero-order valence-corrected chi connectivity index (χ0v) is 25.2. The number of aromatic nitrogens is 2. The quantitative estimate of drug-likeness (QED) is 0.175. The second-order valence-corrected chi connectivity index (χ2v) is 9.93. The molecular weight excluding hydrogens is 659 g/mol. The number of nitrogens with two attached hydrogens (primary N) is 2. The first-order valence-corrected chi connectivity index (χ1v) is 13.1. The SMILES string of the molecule is COc1c(Cl)ccc(-c2cc(N)c(Cl)c(C(C)=O)n2)c1F.COc1c(Cl)ccc(-c2nc(C(=O)O)c(Cl)c(N)c2F)c1F. The molecule has 226 valence electrons. The van der Waals surface area contributed by atoms with Crippen LogP contribution in [-0.2, 0) is 0 Å². The fourth-order valence-corrected chi connectivity index (χ4v) is 4.50. The Labute approximate surface area is 262 Å². The number of pyridine rings is 2. The van der Waals surface area contributed by atoms with Crippen molar-refractivity contribution in [3.05, 3.63) is 79.3 Å². The van der Waals surface area contributed by atoms with E-state index >= 15 is 0 Å². The Hall–Kier alpha value is -3.97. The van der Waals surface area contributed by atoms with Crippen LogP contribution in [0.5, 0.6) is 11.5 Å². The van der Waals surface area contributed by atoms with Gasteiger partial charge < -0.3 is 26.0 Å². The normalized spacial score (nSPS) is 10.6. The summed E-state index contributed by atoms with van der Waals surface area (Å²) in [6.45, 7) is 1.30. The van der Waals surface area contributed by atoms with Gasteiger partial charge in [0.25, 0.3) is 0 Å². The molecule has 0 unspecified atom stereocenters. The van der Waals surface area contributed by atoms with Crippen LogP contribution in [0, 0.1) is 17.5 Å². The van der Waals surface area contributed by atoms with Gasteiger partial charge in [-0.25, -0.2) is 27.9 Å². The number of hydrogen-bond acceptors (Lipinski definition) is 8. The molecule has 2 aromatic carbocycles. The number of nitrogens with zero attached hydrogens (tertiary/aromatic N) is 2. The lowest BCUT2D eigenvalue weighted by Crippen LogP contribution is -2.09. The van der Waals surface area contributed by atoms with Crippen LogP contribution in [0.4, 0.5) is 24.5 Å². The molecule has 2 heterocycles. The Kier molecular flexibility index (Phi) is 10.6. The number of anilines is 2. The molecule has 5 N–H and O–H groups in total. The summed E-state index contributed by atoms with van der Waals surface area (Å²) in [7, 11) is 2.48. The first-order valence-electron chi connectivity index (χ1n) is 11.5. The van der Waals surface area contributed by atoms with Crippen LogP contribution >= 0.6 is 46.4 Å². The first kappa shape index (κ1) is 33.5. The maximum Gasteiger partial charge on any atom is 0.356 e. The van der Waals surface area contributed by atoms with Crippen molar-refractivity contribution >= 4 is 69.5 Å². The van der Waals surface area contributed by atoms with Crippen LogP contribution < -0.4 is 20.9 Å². The number of carboxylic acids is 1. The highest BCUT2D eigenvalue weighted by Gasteiger charge is 2.25. The third kappa shape index (κ3) is 6.67. The van der Waals surface area contributed by atoms with Crippen molar-refractivity contribution in [3.8, 4) is 34.0 Å². The van der Waals surface area contributed by atoms with E-state index < -0.39 is 45.5 Å². The fourth-order valence-electron chi connectivity index (χ4n) is 3.62. The third-order valence-electron chi connectivity index (χ3n) is 5.67. The zero-order chi connectivity index (χ0) is 32.3. The van der Waals surface area contributed by atoms with Crippen molar-refractivity contribution in [2.75, 3.05) is 25.7 Å². The van der Waals surface area contributed by atoms with Gasteiger partial charge in [-0.05, 0) is 30.3 Å². The molecule has 0 amide bonds. The molecule has 16 heteroatoms. The largest absolute Gasteiger partial charge is 0.492 e. The molecule has 0 fully saturated rings. The Morgan fingerprint density at radius 3 is 1.79 bits per heavy atom. The highest BCUT2D eigenvalue weighted by atomic mass is 35.5. The standard InChI is InChI=1S/C14H11Cl2FN2O2.C13H8Cl2F2N2O3/c1-6(20)13-11(16)9(18)5-10(19-13)7-3-4-8(15)14(21-2)12(7)17;1-22-12-5(14)3-2-4(7(12)16)10-8(17)9(18)6(15)11(19-10)13(20)21/h3-5H,1-2H3,(H2,18,19);2-3H,1H3,(H2,18,19)(H,20,21). The summed E-state index contributed by atoms with van der Waals surface area (Å²) in [5.41, 5.74) is 9.28. The lowest BCUT2D eigenvalue weighted by molar-refractivity contribution is 0.0690. The van der Waals surface area contributed by atoms with Crippen molar-refractivity contribution in [1.29, 1.82) is 0 Å². The van der Waals surface area contributed by atoms with Crippen LogP contribution in [-0.4, -0.2) is 41.0 Å². The number of nitrogen functional groups attached to an aromatic ring is 2. The number of carbonyl (C=O) groups excluding carboxylic acids is 1. The maximum atomic E-state index is 14.4. The molecule has 0 saturated heterocycles. The van der Waals surface area contributed by atoms with Gasteiger partial charge in [-0.2, -0.15) is 0 Å². The molecule has 0 aliphatic heterocycles. The van der Waals surface area contributed by atoms with Gasteiger partial charge in [0.05, 0.1) is 51.4 Å². The lowest BCUT2D eigenvalue weighted by atomic mass is 10.1. The van der Waals surface area contributed by atoms with Crippen LogP contribution in [0.15, 0.2) is 30.3 Å². The minimum Gasteiger partial charge on any atom is -0.492 e. The minimum atomic E-state index is -1.53. The molecule has 0 aliphatic carbocycles. The number of ketones is 1. The molecule has 0 atom stereocenters. The van der Waals surface area contributed by atoms with Crippen molar-refractivity contribution in [3.63, 3.8) is 0 Å². The van der Waals surface area contributed by atoms with E-state index in [-0.39, 0.29) is 60.6 Å². The van der Waals surface area contributed by atoms with Crippen LogP contribution in [0.25, 0.3) is 22.5 Å². The maximum absolute atomic E-state index is 14.4. The summed E-state index contributed by atoms with van der Waals surface area (Å²) in [5.74, 6) is -5.15. The second-order valence-electron chi connectivity index (χ2n) is 8.36. The highest BCUT2D eigenvalue weighted by Crippen LogP contribution is 2.39. The van der Waals surface area contributed by atoms with Gasteiger partial charge in [0.1, 0.15) is 11.4 Å². The molecule has 0 saturated carbocycles. The summed E-state index contributed by atoms with van der Waals surface area (Å²) in [6, 6.07) is 6.68. The van der Waals surface area contributed by atoms with Gasteiger partial charge >= 0.3 is 5.97 Å². The summed E-state index contributed by atoms with van der Waals surface area (Å²) in [4.78, 5) is 30.2. The van der Waals surface area contributed by atoms with E-state index in [1.165, 1.54) is 45.4 Å². The number of benzene rings is 2. The van der Waals surface area contributed by atoms with E-state index in [0.29, 0.717) is 0 Å². The van der Waals surface area contributed by atoms with Gasteiger partial charge in [0.2, 0.25) is 0 Å². The topological polar surface area (TPSA) is 151 Å². The molecule has 0 spiro atoms. The number of Topliss-reactive ketones (excluding diaryl/α,β-unsaturated/α-hetero) is 1. The summed E-state index contributed by atoms with van der Waals surface area (Å²) in [5, 5.41) is 8.59. The smallest absolute Gasteiger partial charge is 0.356 e. The van der Waals surface area contributed by atoms with Crippen molar-refractivity contribution in [1.82, 2.24) is 9.97 Å². The Balaban J connectivity index is 0.000000236. The predicted molar refractivity (Wildman–Crippen MR) is 158 cm³/mol. The zero-order valence-electron chi connectivity index (χ0n) is 22.2. The van der Waals surface area contributed by atoms with Crippen molar-refractivity contribution in [2.45, 2.75) is 6.92 Å². The van der Waals surface area contributed by atoms with Crippen LogP contribution in [0.3, 0.4) is 0 Å². The molecule has 4 aromatic rings. The van der Waals surface area contributed by atoms with Gasteiger partial charge in [-0.3, -0.25) is 4.79 Å². The van der Waals surface area contributed by atoms with E-state index in [0.717, 1.165) is 6.07 Å². The van der Waals surface area contributed by atoms with E-state index in [9.17, 15) is 22.8 Å². The average Bonchev–Trinajstić information content (AvgIpc) is 2.94. The molecule has 0 radical (unpaired) electrons. The highest BCUT2D eigenvalue weighted by molar-refractivity contribution is 6.36. The molecule has 43 heavy (non-hydrogen) atoms. The Morgan fingerprint density at radius 2 is 1.30 bits per heavy atom. The Bertz CT molecular complexity index is 1780. The van der Waals surface area contributed by atoms with Crippen molar-refractivity contribution < 1.29 is 37.3 Å². The van der Waals surface area contributed by atoms with E-state index in [1.54, 1.807) is 0 Å². The van der Waals surface area contributed by atoms with Gasteiger partial charge in [-0.1, -0.05) is 46.4 Å². The number of aromatic carboxylic acids is 1. The Morgan fingerprint density at radius 1 is 0.791 bits per heavy atom. The van der Waals surface area contributed by atoms with E-state index in [2.05, 4.69) is 9.97 Å². The monoisotopic (exact) mass is 676 g/mol. The summed E-state index contributed by atoms with van der Waals surface area (Å²) in [6.07, 6.45) is 0. The van der Waals surface area contributed by atoms with E-state index in [4.69, 9.17) is 72.5 Å². The fraction of sp³-hybridized carbons (Fsp3) is 0.111. The minimum absolute atomic E-state index is 0.0139. The van der Waals surface area contributed by atoms with Crippen LogP contribution in [0.2, 0.25) is 20.1 Å². The molecule has 9 nitrogen and oxygen atoms in total. The number of ether oxygens (including phenoxy) is 2. The molecular formula is C27H19Cl4F3N4O5. The molecule has 0 aliphatic rings. The van der Waals surface area contributed by atoms with Gasteiger partial charge in [-0.15, -0.1) is 0 Å². The molecule has 0 bridgehead atoms. The number of carbonyl (C=O) groups is 2. The second kappa shape index (κ2) is 13.6. The number of carboxylic acid groups (broad SMARTS) is 1. The molecule has 2 aromatic heterocycles. The van der Waals surface area contributed by atoms with E-state index in [1.807, 2.05) is 0 Å². The van der Waals surface area contributed by atoms with Gasteiger partial charge in [0, 0.05) is 18.1 Å². The number of rotatable bonds is 6. The number of hydrogen-bond donors (Lipinski definition) is 3. The summed E-state index contributed by atoms with van der Waals surface area (Å²) >= 11 is 23.1. The number of methoxy groups -OCH3 is 2. The average molecular weight is 678 g/mol.